The second-order valence-electron chi connectivity index (χ2n) is 2.20. The Bertz CT molecular complexity index is 37.3. The summed E-state index contributed by atoms with van der Waals surface area (Å²) in [7, 11) is 0. The quantitative estimate of drug-likeness (QED) is 0.476. The summed E-state index contributed by atoms with van der Waals surface area (Å²) in [6, 6.07) is 0. The Hall–Kier alpha value is 0.310. The zero-order valence-corrected chi connectivity index (χ0v) is 5.17. The molecule has 0 bridgehead atoms. The third-order valence-electron chi connectivity index (χ3n) is 0.274. The van der Waals surface area contributed by atoms with Crippen LogP contribution in [-0.2, 0) is 0 Å². The van der Waals surface area contributed by atoms with E-state index < -0.39 is 0 Å². The zero-order valence-electron chi connectivity index (χ0n) is 4.36. The van der Waals surface area contributed by atoms with Gasteiger partial charge < -0.3 is 4.55 Å². The predicted molar refractivity (Wildman–Crippen MR) is 30.0 cm³/mol. The highest BCUT2D eigenvalue weighted by molar-refractivity contribution is 7.95. The van der Waals surface area contributed by atoms with E-state index >= 15 is 0 Å². The molecule has 2 heteroatoms. The van der Waals surface area contributed by atoms with Crippen LogP contribution in [-0.4, -0.2) is 9.30 Å². The molecule has 0 aromatic heterocycles. The molecule has 0 aliphatic carbocycles. The van der Waals surface area contributed by atoms with Gasteiger partial charge in [0.25, 0.3) is 0 Å². The summed E-state index contributed by atoms with van der Waals surface area (Å²) >= 11 is 0.882. The van der Waals surface area contributed by atoms with Gasteiger partial charge in [0.15, 0.2) is 0 Å². The molecule has 0 unspecified atom stereocenters. The van der Waals surface area contributed by atoms with Crippen molar-refractivity contribution >= 4 is 12.0 Å². The van der Waals surface area contributed by atoms with Gasteiger partial charge >= 0.3 is 0 Å². The minimum atomic E-state index is 0.0139. The van der Waals surface area contributed by atoms with Crippen LogP contribution in [0.15, 0.2) is 0 Å². The molecule has 0 aliphatic rings. The highest BCUT2D eigenvalue weighted by atomic mass is 32.2. The number of rotatable bonds is 0. The van der Waals surface area contributed by atoms with Crippen LogP contribution in [0.3, 0.4) is 0 Å². The van der Waals surface area contributed by atoms with Crippen LogP contribution in [0.1, 0.15) is 20.8 Å². The molecular weight excluding hydrogens is 96.1 g/mol. The van der Waals surface area contributed by atoms with Crippen molar-refractivity contribution in [1.82, 2.24) is 0 Å². The van der Waals surface area contributed by atoms with Crippen molar-refractivity contribution in [2.75, 3.05) is 0 Å². The standard InChI is InChI=1S/C4H10OS/c1-4(2,3)6-5/h5H,1-3H3. The first-order valence-electron chi connectivity index (χ1n) is 1.89. The second-order valence-corrected chi connectivity index (χ2v) is 3.61. The highest BCUT2D eigenvalue weighted by Gasteiger charge is 2.06. The van der Waals surface area contributed by atoms with Crippen LogP contribution in [0, 0.1) is 0 Å². The van der Waals surface area contributed by atoms with Crippen molar-refractivity contribution in [3.05, 3.63) is 0 Å². The maximum atomic E-state index is 8.32. The second kappa shape index (κ2) is 1.85. The molecule has 0 atom stereocenters. The predicted octanol–water partition coefficient (Wildman–Crippen LogP) is 1.99. The summed E-state index contributed by atoms with van der Waals surface area (Å²) in [6.07, 6.45) is 0. The van der Waals surface area contributed by atoms with E-state index in [1.54, 1.807) is 0 Å². The van der Waals surface area contributed by atoms with Gasteiger partial charge in [-0.2, -0.15) is 0 Å². The molecule has 0 amide bonds. The molecular formula is C4H10OS. The molecule has 0 heterocycles. The Balaban J connectivity index is 3.17. The van der Waals surface area contributed by atoms with Crippen molar-refractivity contribution in [2.24, 2.45) is 0 Å². The summed E-state index contributed by atoms with van der Waals surface area (Å²) < 4.78 is 8.33. The third-order valence-corrected chi connectivity index (χ3v) is 0.822. The van der Waals surface area contributed by atoms with Gasteiger partial charge in [-0.1, -0.05) is 0 Å². The number of hydrogen-bond acceptors (Lipinski definition) is 2. The summed E-state index contributed by atoms with van der Waals surface area (Å²) in [5.41, 5.74) is 0. The van der Waals surface area contributed by atoms with E-state index in [0.29, 0.717) is 0 Å². The molecule has 0 aliphatic heterocycles. The summed E-state index contributed by atoms with van der Waals surface area (Å²) in [5, 5.41) is 0. The number of hydrogen-bond donors (Lipinski definition) is 1. The first-order valence-corrected chi connectivity index (χ1v) is 2.66. The van der Waals surface area contributed by atoms with Crippen molar-refractivity contribution < 1.29 is 4.55 Å². The lowest BCUT2D eigenvalue weighted by molar-refractivity contribution is 0.624. The van der Waals surface area contributed by atoms with Crippen LogP contribution in [0.5, 0.6) is 0 Å². The molecule has 0 aromatic carbocycles. The third kappa shape index (κ3) is 4.31. The smallest absolute Gasteiger partial charge is 0.0335 e. The van der Waals surface area contributed by atoms with E-state index in [1.165, 1.54) is 0 Å². The molecule has 0 saturated heterocycles. The average molecular weight is 106 g/mol. The molecule has 0 saturated carbocycles. The average Bonchev–Trinajstić information content (AvgIpc) is 1.35. The van der Waals surface area contributed by atoms with Crippen molar-refractivity contribution in [3.8, 4) is 0 Å². The van der Waals surface area contributed by atoms with Gasteiger partial charge in [-0.3, -0.25) is 0 Å². The minimum Gasteiger partial charge on any atom is -0.330 e. The van der Waals surface area contributed by atoms with Gasteiger partial charge in [-0.05, 0) is 32.8 Å². The molecule has 6 heavy (non-hydrogen) atoms. The summed E-state index contributed by atoms with van der Waals surface area (Å²) in [6.45, 7) is 5.87. The van der Waals surface area contributed by atoms with Gasteiger partial charge in [0.1, 0.15) is 0 Å². The monoisotopic (exact) mass is 106 g/mol. The van der Waals surface area contributed by atoms with Crippen molar-refractivity contribution in [1.29, 1.82) is 0 Å². The van der Waals surface area contributed by atoms with Crippen molar-refractivity contribution in [3.63, 3.8) is 0 Å². The summed E-state index contributed by atoms with van der Waals surface area (Å²) in [5.74, 6) is 0. The first kappa shape index (κ1) is 6.31. The van der Waals surface area contributed by atoms with Gasteiger partial charge in [0, 0.05) is 4.75 Å². The van der Waals surface area contributed by atoms with Crippen LogP contribution < -0.4 is 0 Å². The fourth-order valence-electron chi connectivity index (χ4n) is 0. The molecule has 0 spiro atoms. The Morgan fingerprint density at radius 2 is 1.50 bits per heavy atom. The van der Waals surface area contributed by atoms with E-state index in [9.17, 15) is 0 Å². The van der Waals surface area contributed by atoms with Gasteiger partial charge in [-0.15, -0.1) is 0 Å². The Kier molecular flexibility index (Phi) is 1.94. The van der Waals surface area contributed by atoms with Gasteiger partial charge in [0.2, 0.25) is 0 Å². The molecule has 1 nitrogen and oxygen atoms in total. The van der Waals surface area contributed by atoms with Gasteiger partial charge in [-0.25, -0.2) is 0 Å². The lowest BCUT2D eigenvalue weighted by atomic mass is 10.3. The maximum Gasteiger partial charge on any atom is 0.0335 e. The Labute approximate surface area is 43.0 Å². The SMILES string of the molecule is CC(C)(C)SO. The van der Waals surface area contributed by atoms with E-state index in [2.05, 4.69) is 0 Å². The first-order chi connectivity index (χ1) is 2.56. The normalized spacial score (nSPS) is 12.0. The lowest BCUT2D eigenvalue weighted by Crippen LogP contribution is -2.04. The van der Waals surface area contributed by atoms with Crippen molar-refractivity contribution in [2.45, 2.75) is 25.5 Å². The molecule has 0 rings (SSSR count). The van der Waals surface area contributed by atoms with Crippen LogP contribution in [0.2, 0.25) is 0 Å². The van der Waals surface area contributed by atoms with E-state index in [4.69, 9.17) is 4.55 Å². The molecule has 1 N–H and O–H groups in total. The molecule has 0 aromatic rings. The fraction of sp³-hybridized carbons (Fsp3) is 1.00. The van der Waals surface area contributed by atoms with Gasteiger partial charge in [0.05, 0.1) is 0 Å². The Morgan fingerprint density at radius 3 is 1.50 bits per heavy atom. The molecule has 38 valence electrons. The largest absolute Gasteiger partial charge is 0.330 e. The minimum absolute atomic E-state index is 0.0139. The van der Waals surface area contributed by atoms with E-state index in [-0.39, 0.29) is 4.75 Å². The fourth-order valence-corrected chi connectivity index (χ4v) is 0. The Morgan fingerprint density at radius 1 is 1.33 bits per heavy atom. The topological polar surface area (TPSA) is 20.2 Å². The van der Waals surface area contributed by atoms with Crippen LogP contribution in [0.4, 0.5) is 0 Å². The molecule has 0 radical (unpaired) electrons. The van der Waals surface area contributed by atoms with Crippen LogP contribution in [0.25, 0.3) is 0 Å². The molecule has 0 fully saturated rings. The zero-order chi connectivity index (χ0) is 5.21. The van der Waals surface area contributed by atoms with E-state index in [0.717, 1.165) is 12.0 Å². The van der Waals surface area contributed by atoms with E-state index in [1.807, 2.05) is 20.8 Å². The maximum absolute atomic E-state index is 8.32. The lowest BCUT2D eigenvalue weighted by Gasteiger charge is -2.09. The summed E-state index contributed by atoms with van der Waals surface area (Å²) in [4.78, 5) is 0. The highest BCUT2D eigenvalue weighted by Crippen LogP contribution is 2.17. The van der Waals surface area contributed by atoms with Crippen LogP contribution >= 0.6 is 12.0 Å².